The molecule has 82 valence electrons. The Morgan fingerprint density at radius 3 is 2.64 bits per heavy atom. The normalized spacial score (nSPS) is 29.4. The third-order valence-corrected chi connectivity index (χ3v) is 2.72. The Bertz CT molecular complexity index is 213. The Morgan fingerprint density at radius 2 is 2.21 bits per heavy atom. The zero-order valence-corrected chi connectivity index (χ0v) is 9.34. The van der Waals surface area contributed by atoms with Crippen molar-refractivity contribution >= 4 is 5.91 Å². The summed E-state index contributed by atoms with van der Waals surface area (Å²) in [7, 11) is 2.03. The van der Waals surface area contributed by atoms with E-state index in [0.29, 0.717) is 0 Å². The van der Waals surface area contributed by atoms with Crippen LogP contribution in [0.2, 0.25) is 0 Å². The number of carbonyl (C=O) groups is 1. The highest BCUT2D eigenvalue weighted by molar-refractivity contribution is 5.85. The fraction of sp³-hybridized carbons (Fsp3) is 0.900. The first-order chi connectivity index (χ1) is 6.46. The Kier molecular flexibility index (Phi) is 3.50. The molecule has 1 heterocycles. The highest BCUT2D eigenvalue weighted by Crippen LogP contribution is 2.20. The van der Waals surface area contributed by atoms with Gasteiger partial charge in [0, 0.05) is 12.6 Å². The zero-order chi connectivity index (χ0) is 10.8. The lowest BCUT2D eigenvalue weighted by Crippen LogP contribution is -2.64. The van der Waals surface area contributed by atoms with Gasteiger partial charge in [-0.1, -0.05) is 0 Å². The van der Waals surface area contributed by atoms with Gasteiger partial charge in [-0.3, -0.25) is 4.79 Å². The van der Waals surface area contributed by atoms with Crippen molar-refractivity contribution in [1.82, 2.24) is 10.2 Å². The number of rotatable bonds is 3. The molecule has 0 aliphatic carbocycles. The number of likely N-dealkylation sites (N-methyl/N-ethyl adjacent to an activating group) is 1. The summed E-state index contributed by atoms with van der Waals surface area (Å²) in [6.07, 6.45) is 1.88. The van der Waals surface area contributed by atoms with Gasteiger partial charge in [-0.2, -0.15) is 0 Å². The van der Waals surface area contributed by atoms with Crippen molar-refractivity contribution in [1.29, 1.82) is 0 Å². The summed E-state index contributed by atoms with van der Waals surface area (Å²) in [4.78, 5) is 13.6. The first-order valence-electron chi connectivity index (χ1n) is 5.22. The predicted molar refractivity (Wildman–Crippen MR) is 56.9 cm³/mol. The lowest BCUT2D eigenvalue weighted by molar-refractivity contribution is -0.126. The molecule has 1 saturated heterocycles. The number of hydrogen-bond donors (Lipinski definition) is 2. The molecule has 0 aromatic rings. The molecule has 1 fully saturated rings. The average molecular weight is 199 g/mol. The van der Waals surface area contributed by atoms with Crippen LogP contribution < -0.4 is 11.1 Å². The fourth-order valence-corrected chi connectivity index (χ4v) is 2.21. The Labute approximate surface area is 85.8 Å². The topological polar surface area (TPSA) is 58.4 Å². The monoisotopic (exact) mass is 199 g/mol. The van der Waals surface area contributed by atoms with Crippen LogP contribution in [0, 0.1) is 0 Å². The standard InChI is InChI=1S/C10H21N3O/c1-8(2)12-10(9(11)14)5-4-6-13(3)7-10/h8,12H,4-7H2,1-3H3,(H2,11,14). The van der Waals surface area contributed by atoms with Gasteiger partial charge in [0.15, 0.2) is 0 Å². The van der Waals surface area contributed by atoms with Crippen LogP contribution in [0.3, 0.4) is 0 Å². The Hall–Kier alpha value is -0.610. The van der Waals surface area contributed by atoms with Crippen molar-refractivity contribution in [2.45, 2.75) is 38.3 Å². The Balaban J connectivity index is 2.75. The Morgan fingerprint density at radius 1 is 1.57 bits per heavy atom. The number of nitrogens with one attached hydrogen (secondary N) is 1. The number of amides is 1. The second kappa shape index (κ2) is 4.28. The van der Waals surface area contributed by atoms with Crippen LogP contribution in [-0.4, -0.2) is 42.5 Å². The van der Waals surface area contributed by atoms with E-state index in [-0.39, 0.29) is 11.9 Å². The van der Waals surface area contributed by atoms with E-state index in [4.69, 9.17) is 5.73 Å². The van der Waals surface area contributed by atoms with Gasteiger partial charge in [0.2, 0.25) is 5.91 Å². The van der Waals surface area contributed by atoms with Crippen molar-refractivity contribution < 1.29 is 4.79 Å². The lowest BCUT2D eigenvalue weighted by Gasteiger charge is -2.41. The van der Waals surface area contributed by atoms with Gasteiger partial charge in [0.05, 0.1) is 0 Å². The third-order valence-electron chi connectivity index (χ3n) is 2.72. The number of likely N-dealkylation sites (tertiary alicyclic amines) is 1. The highest BCUT2D eigenvalue weighted by atomic mass is 16.1. The maximum atomic E-state index is 11.5. The molecule has 1 unspecified atom stereocenters. The minimum atomic E-state index is -0.513. The maximum absolute atomic E-state index is 11.5. The van der Waals surface area contributed by atoms with E-state index >= 15 is 0 Å². The number of nitrogens with two attached hydrogens (primary N) is 1. The first-order valence-corrected chi connectivity index (χ1v) is 5.22. The number of piperidine rings is 1. The van der Waals surface area contributed by atoms with Crippen LogP contribution in [0.25, 0.3) is 0 Å². The molecule has 4 nitrogen and oxygen atoms in total. The van der Waals surface area contributed by atoms with Gasteiger partial charge >= 0.3 is 0 Å². The lowest BCUT2D eigenvalue weighted by atomic mass is 9.87. The summed E-state index contributed by atoms with van der Waals surface area (Å²) >= 11 is 0. The minimum Gasteiger partial charge on any atom is -0.368 e. The van der Waals surface area contributed by atoms with E-state index in [2.05, 4.69) is 10.2 Å². The van der Waals surface area contributed by atoms with Crippen molar-refractivity contribution in [2.75, 3.05) is 20.1 Å². The molecular weight excluding hydrogens is 178 g/mol. The smallest absolute Gasteiger partial charge is 0.239 e. The van der Waals surface area contributed by atoms with Crippen LogP contribution in [-0.2, 0) is 4.79 Å². The van der Waals surface area contributed by atoms with Crippen LogP contribution in [0.1, 0.15) is 26.7 Å². The van der Waals surface area contributed by atoms with E-state index in [0.717, 1.165) is 25.9 Å². The van der Waals surface area contributed by atoms with Crippen molar-refractivity contribution in [2.24, 2.45) is 5.73 Å². The molecule has 0 bridgehead atoms. The first kappa shape index (κ1) is 11.5. The number of hydrogen-bond acceptors (Lipinski definition) is 3. The van der Waals surface area contributed by atoms with E-state index < -0.39 is 5.54 Å². The molecule has 4 heteroatoms. The van der Waals surface area contributed by atoms with E-state index in [1.807, 2.05) is 20.9 Å². The van der Waals surface area contributed by atoms with Gasteiger partial charge in [0.1, 0.15) is 5.54 Å². The molecular formula is C10H21N3O. The highest BCUT2D eigenvalue weighted by Gasteiger charge is 2.39. The molecule has 1 rings (SSSR count). The SMILES string of the molecule is CC(C)NC1(C(N)=O)CCCN(C)C1. The summed E-state index contributed by atoms with van der Waals surface area (Å²) < 4.78 is 0. The van der Waals surface area contributed by atoms with Gasteiger partial charge in [0.25, 0.3) is 0 Å². The fourth-order valence-electron chi connectivity index (χ4n) is 2.21. The molecule has 1 aliphatic heterocycles. The van der Waals surface area contributed by atoms with E-state index in [1.165, 1.54) is 0 Å². The maximum Gasteiger partial charge on any atom is 0.239 e. The van der Waals surface area contributed by atoms with Gasteiger partial charge in [-0.15, -0.1) is 0 Å². The summed E-state index contributed by atoms with van der Waals surface area (Å²) in [5.41, 5.74) is 4.97. The quantitative estimate of drug-likeness (QED) is 0.669. The molecule has 1 atom stereocenters. The second-order valence-corrected chi connectivity index (χ2v) is 4.59. The number of nitrogens with zero attached hydrogens (tertiary/aromatic N) is 1. The van der Waals surface area contributed by atoms with Gasteiger partial charge in [-0.05, 0) is 40.3 Å². The van der Waals surface area contributed by atoms with Gasteiger partial charge in [-0.25, -0.2) is 0 Å². The van der Waals surface area contributed by atoms with Crippen LogP contribution in [0.4, 0.5) is 0 Å². The summed E-state index contributed by atoms with van der Waals surface area (Å²) in [6, 6.07) is 0.286. The molecule has 0 aromatic heterocycles. The van der Waals surface area contributed by atoms with Crippen LogP contribution in [0.15, 0.2) is 0 Å². The minimum absolute atomic E-state index is 0.224. The molecule has 0 spiro atoms. The van der Waals surface area contributed by atoms with Crippen molar-refractivity contribution in [3.8, 4) is 0 Å². The largest absolute Gasteiger partial charge is 0.368 e. The third kappa shape index (κ3) is 2.45. The molecule has 0 saturated carbocycles. The van der Waals surface area contributed by atoms with Crippen LogP contribution >= 0.6 is 0 Å². The summed E-state index contributed by atoms with van der Waals surface area (Å²) in [5.74, 6) is -0.224. The van der Waals surface area contributed by atoms with E-state index in [1.54, 1.807) is 0 Å². The summed E-state index contributed by atoms with van der Waals surface area (Å²) in [6.45, 7) is 5.86. The molecule has 1 amide bonds. The zero-order valence-electron chi connectivity index (χ0n) is 9.34. The molecule has 0 radical (unpaired) electrons. The molecule has 1 aliphatic rings. The van der Waals surface area contributed by atoms with Crippen molar-refractivity contribution in [3.63, 3.8) is 0 Å². The molecule has 0 aromatic carbocycles. The number of carbonyl (C=O) groups excluding carboxylic acids is 1. The van der Waals surface area contributed by atoms with E-state index in [9.17, 15) is 4.79 Å². The van der Waals surface area contributed by atoms with Crippen LogP contribution in [0.5, 0.6) is 0 Å². The van der Waals surface area contributed by atoms with Gasteiger partial charge < -0.3 is 16.0 Å². The summed E-state index contributed by atoms with van der Waals surface area (Å²) in [5, 5.41) is 3.31. The predicted octanol–water partition coefficient (Wildman–Crippen LogP) is -0.0659. The average Bonchev–Trinajstić information content (AvgIpc) is 2.02. The molecule has 14 heavy (non-hydrogen) atoms. The second-order valence-electron chi connectivity index (χ2n) is 4.59. The van der Waals surface area contributed by atoms with Crippen molar-refractivity contribution in [3.05, 3.63) is 0 Å². The molecule has 3 N–H and O–H groups in total. The number of primary amides is 1.